The van der Waals surface area contributed by atoms with Crippen molar-refractivity contribution < 1.29 is 29.3 Å². The number of benzene rings is 2. The molecule has 0 fully saturated rings. The van der Waals surface area contributed by atoms with Crippen LogP contribution in [0.1, 0.15) is 99.1 Å². The van der Waals surface area contributed by atoms with Crippen LogP contribution in [0.3, 0.4) is 0 Å². The Kier molecular flexibility index (Phi) is 14.9. The van der Waals surface area contributed by atoms with Gasteiger partial charge >= 0.3 is 11.9 Å². The summed E-state index contributed by atoms with van der Waals surface area (Å²) in [5, 5.41) is 18.1. The van der Waals surface area contributed by atoms with Gasteiger partial charge in [0, 0.05) is 6.42 Å². The Balaban J connectivity index is 0.000000612. The molecule has 2 rings (SSSR count). The van der Waals surface area contributed by atoms with Gasteiger partial charge in [-0.25, -0.2) is 9.59 Å². The molecule has 6 nitrogen and oxygen atoms in total. The van der Waals surface area contributed by atoms with Gasteiger partial charge < -0.3 is 19.7 Å². The molecule has 0 spiro atoms. The fourth-order valence-electron chi connectivity index (χ4n) is 4.18. The second kappa shape index (κ2) is 17.0. The summed E-state index contributed by atoms with van der Waals surface area (Å²) >= 11 is 0. The van der Waals surface area contributed by atoms with Gasteiger partial charge in [-0.1, -0.05) is 63.1 Å². The highest BCUT2D eigenvalue weighted by Gasteiger charge is 2.22. The zero-order chi connectivity index (χ0) is 28.8. The van der Waals surface area contributed by atoms with Crippen LogP contribution in [0, 0.1) is 25.7 Å². The van der Waals surface area contributed by atoms with Gasteiger partial charge in [0.2, 0.25) is 0 Å². The second-order valence-corrected chi connectivity index (χ2v) is 11.2. The van der Waals surface area contributed by atoms with Gasteiger partial charge in [0.25, 0.3) is 0 Å². The van der Waals surface area contributed by atoms with E-state index in [2.05, 4.69) is 27.7 Å². The number of aliphatic hydroxyl groups is 2. The SMILES string of the molecule is CC(C)CC(O)CC(C)O.Cc1cccc(C(=O)OC(C)CC(CC(C)C)OC(=O)c2cccc(C)c2)c1. The molecule has 38 heavy (non-hydrogen) atoms. The van der Waals surface area contributed by atoms with Gasteiger partial charge in [-0.15, -0.1) is 0 Å². The maximum atomic E-state index is 12.5. The van der Waals surface area contributed by atoms with E-state index in [1.165, 1.54) is 0 Å². The van der Waals surface area contributed by atoms with E-state index in [1.807, 2.05) is 51.1 Å². The van der Waals surface area contributed by atoms with Gasteiger partial charge in [0.15, 0.2) is 0 Å². The number of carbonyl (C=O) groups excluding carboxylic acids is 2. The number of aliphatic hydroxyl groups excluding tert-OH is 2. The van der Waals surface area contributed by atoms with Crippen LogP contribution in [0.2, 0.25) is 0 Å². The van der Waals surface area contributed by atoms with Crippen molar-refractivity contribution in [2.24, 2.45) is 11.8 Å². The van der Waals surface area contributed by atoms with Crippen molar-refractivity contribution >= 4 is 11.9 Å². The Morgan fingerprint density at radius 3 is 1.58 bits per heavy atom. The Labute approximate surface area is 229 Å². The van der Waals surface area contributed by atoms with E-state index in [0.717, 1.165) is 17.5 Å². The van der Waals surface area contributed by atoms with Crippen LogP contribution in [0.5, 0.6) is 0 Å². The summed E-state index contributed by atoms with van der Waals surface area (Å²) < 4.78 is 11.3. The Morgan fingerprint density at radius 1 is 0.684 bits per heavy atom. The molecule has 0 aromatic heterocycles. The minimum atomic E-state index is -0.381. The van der Waals surface area contributed by atoms with Crippen LogP contribution in [0.4, 0.5) is 0 Å². The minimum absolute atomic E-state index is 0.312. The second-order valence-electron chi connectivity index (χ2n) is 11.2. The monoisotopic (exact) mass is 528 g/mol. The molecule has 4 unspecified atom stereocenters. The lowest BCUT2D eigenvalue weighted by atomic mass is 10.0. The molecule has 0 bridgehead atoms. The van der Waals surface area contributed by atoms with Crippen LogP contribution >= 0.6 is 0 Å². The number of hydrogen-bond acceptors (Lipinski definition) is 6. The molecule has 6 heteroatoms. The lowest BCUT2D eigenvalue weighted by Crippen LogP contribution is -2.27. The van der Waals surface area contributed by atoms with E-state index in [4.69, 9.17) is 14.6 Å². The highest BCUT2D eigenvalue weighted by atomic mass is 16.6. The van der Waals surface area contributed by atoms with E-state index in [-0.39, 0.29) is 36.4 Å². The number of carbonyl (C=O) groups is 2. The third kappa shape index (κ3) is 14.3. The van der Waals surface area contributed by atoms with Crippen molar-refractivity contribution in [2.75, 3.05) is 0 Å². The van der Waals surface area contributed by atoms with Crippen LogP contribution in [0.15, 0.2) is 48.5 Å². The normalized spacial score (nSPS) is 14.2. The fraction of sp³-hybridized carbons (Fsp3) is 0.562. The van der Waals surface area contributed by atoms with Crippen molar-refractivity contribution in [3.8, 4) is 0 Å². The van der Waals surface area contributed by atoms with Crippen LogP contribution in [-0.2, 0) is 9.47 Å². The standard InChI is InChI=1S/C24H30O4.C8H18O2/c1-16(2)12-22(28-24(26)21-11-7-9-18(4)14-21)15-19(5)27-23(25)20-10-6-8-17(3)13-20;1-6(2)4-8(10)5-7(3)9/h6-11,13-14,16,19,22H,12,15H2,1-5H3;6-10H,4-5H2,1-3H3. The van der Waals surface area contributed by atoms with E-state index >= 15 is 0 Å². The first kappa shape index (κ1) is 33.3. The fourth-order valence-corrected chi connectivity index (χ4v) is 4.18. The number of esters is 2. The van der Waals surface area contributed by atoms with Crippen molar-refractivity contribution in [2.45, 2.75) is 105 Å². The molecule has 2 aromatic rings. The zero-order valence-corrected chi connectivity index (χ0v) is 24.4. The molecule has 0 saturated carbocycles. The van der Waals surface area contributed by atoms with Gasteiger partial charge in [-0.05, 0) is 83.1 Å². The molecule has 0 amide bonds. The first-order valence-electron chi connectivity index (χ1n) is 13.7. The van der Waals surface area contributed by atoms with Crippen molar-refractivity contribution in [1.82, 2.24) is 0 Å². The summed E-state index contributed by atoms with van der Waals surface area (Å²) in [5.74, 6) is 0.166. The van der Waals surface area contributed by atoms with Crippen molar-refractivity contribution in [3.63, 3.8) is 0 Å². The molecule has 2 aromatic carbocycles. The number of hydrogen-bond donors (Lipinski definition) is 2. The predicted molar refractivity (Wildman–Crippen MR) is 152 cm³/mol. The van der Waals surface area contributed by atoms with E-state index in [0.29, 0.717) is 42.2 Å². The summed E-state index contributed by atoms with van der Waals surface area (Å²) in [6, 6.07) is 14.7. The first-order valence-corrected chi connectivity index (χ1v) is 13.7. The Bertz CT molecular complexity index is 971. The summed E-state index contributed by atoms with van der Waals surface area (Å²) in [7, 11) is 0. The predicted octanol–water partition coefficient (Wildman–Crippen LogP) is 6.67. The number of aryl methyl sites for hydroxylation is 2. The molecule has 0 aliphatic heterocycles. The molecule has 4 atom stereocenters. The molecule has 0 saturated heterocycles. The first-order chi connectivity index (χ1) is 17.8. The quantitative estimate of drug-likeness (QED) is 0.299. The van der Waals surface area contributed by atoms with E-state index < -0.39 is 0 Å². The van der Waals surface area contributed by atoms with Gasteiger partial charge in [-0.2, -0.15) is 0 Å². The molecule has 0 radical (unpaired) electrons. The third-order valence-corrected chi connectivity index (χ3v) is 5.78. The van der Waals surface area contributed by atoms with Gasteiger partial charge in [0.1, 0.15) is 12.2 Å². The summed E-state index contributed by atoms with van der Waals surface area (Å²) in [6.45, 7) is 15.7. The summed E-state index contributed by atoms with van der Waals surface area (Å²) in [4.78, 5) is 24.9. The Morgan fingerprint density at radius 2 is 1.16 bits per heavy atom. The van der Waals surface area contributed by atoms with Crippen LogP contribution in [-0.4, -0.2) is 46.6 Å². The Hall–Kier alpha value is -2.70. The summed E-state index contributed by atoms with van der Waals surface area (Å²) in [6.07, 6.45) is 1.07. The maximum absolute atomic E-state index is 12.5. The highest BCUT2D eigenvalue weighted by Crippen LogP contribution is 2.19. The summed E-state index contributed by atoms with van der Waals surface area (Å²) in [5.41, 5.74) is 3.09. The van der Waals surface area contributed by atoms with E-state index in [9.17, 15) is 14.7 Å². The molecule has 0 aliphatic rings. The lowest BCUT2D eigenvalue weighted by Gasteiger charge is -2.23. The van der Waals surface area contributed by atoms with Crippen LogP contribution in [0.25, 0.3) is 0 Å². The van der Waals surface area contributed by atoms with E-state index in [1.54, 1.807) is 25.1 Å². The molecule has 2 N–H and O–H groups in total. The number of ether oxygens (including phenoxy) is 2. The van der Waals surface area contributed by atoms with Crippen molar-refractivity contribution in [3.05, 3.63) is 70.8 Å². The average Bonchev–Trinajstić information content (AvgIpc) is 2.77. The molecular formula is C32H48O6. The van der Waals surface area contributed by atoms with Crippen LogP contribution < -0.4 is 0 Å². The van der Waals surface area contributed by atoms with Gasteiger partial charge in [-0.3, -0.25) is 0 Å². The highest BCUT2D eigenvalue weighted by molar-refractivity contribution is 5.90. The molecule has 212 valence electrons. The van der Waals surface area contributed by atoms with Crippen molar-refractivity contribution in [1.29, 1.82) is 0 Å². The molecular weight excluding hydrogens is 480 g/mol. The largest absolute Gasteiger partial charge is 0.459 e. The topological polar surface area (TPSA) is 93.1 Å². The zero-order valence-electron chi connectivity index (χ0n) is 24.4. The maximum Gasteiger partial charge on any atom is 0.338 e. The van der Waals surface area contributed by atoms with Gasteiger partial charge in [0.05, 0.1) is 23.3 Å². The number of rotatable bonds is 12. The smallest absolute Gasteiger partial charge is 0.338 e. The lowest BCUT2D eigenvalue weighted by molar-refractivity contribution is -0.000918. The minimum Gasteiger partial charge on any atom is -0.459 e. The third-order valence-electron chi connectivity index (χ3n) is 5.78. The molecule has 0 aliphatic carbocycles. The molecule has 0 heterocycles. The average molecular weight is 529 g/mol.